The second kappa shape index (κ2) is 7.10. The van der Waals surface area contributed by atoms with E-state index in [1.165, 1.54) is 16.9 Å². The van der Waals surface area contributed by atoms with E-state index in [9.17, 15) is 4.79 Å². The summed E-state index contributed by atoms with van der Waals surface area (Å²) in [6, 6.07) is 6.10. The summed E-state index contributed by atoms with van der Waals surface area (Å²) >= 11 is 1.50. The van der Waals surface area contributed by atoms with Crippen LogP contribution in [0.2, 0.25) is 0 Å². The Balaban J connectivity index is 1.62. The van der Waals surface area contributed by atoms with Crippen molar-refractivity contribution in [3.8, 4) is 16.3 Å². The number of hydrogen-bond donors (Lipinski definition) is 1. The number of rotatable bonds is 6. The summed E-state index contributed by atoms with van der Waals surface area (Å²) in [7, 11) is 4.05. The van der Waals surface area contributed by atoms with Crippen molar-refractivity contribution in [2.75, 3.05) is 33.8 Å². The molecule has 122 valence electrons. The molecule has 2 aromatic rings. The van der Waals surface area contributed by atoms with E-state index in [1.54, 1.807) is 0 Å². The van der Waals surface area contributed by atoms with Gasteiger partial charge in [-0.25, -0.2) is 4.98 Å². The number of nitrogens with zero attached hydrogens (tertiary/aromatic N) is 2. The third-order valence-electron chi connectivity index (χ3n) is 3.74. The van der Waals surface area contributed by atoms with Gasteiger partial charge in [0.25, 0.3) is 5.91 Å². The maximum Gasteiger partial charge on any atom is 0.270 e. The van der Waals surface area contributed by atoms with Crippen molar-refractivity contribution < 1.29 is 9.53 Å². The number of ether oxygens (including phenoxy) is 1. The highest BCUT2D eigenvalue weighted by Gasteiger charge is 2.15. The minimum atomic E-state index is -0.101. The number of thiazole rings is 1. The van der Waals surface area contributed by atoms with Crippen LogP contribution in [0.5, 0.6) is 5.75 Å². The Morgan fingerprint density at radius 2 is 2.30 bits per heavy atom. The number of hydrogen-bond acceptors (Lipinski definition) is 5. The number of nitrogens with one attached hydrogen (secondary N) is 1. The molecule has 0 unspecified atom stereocenters. The van der Waals surface area contributed by atoms with Crippen LogP contribution in [-0.2, 0) is 6.42 Å². The molecule has 0 radical (unpaired) electrons. The molecule has 1 aliphatic heterocycles. The molecular formula is C17H21N3O2S. The molecule has 1 aliphatic rings. The van der Waals surface area contributed by atoms with Crippen molar-refractivity contribution in [3.05, 3.63) is 34.8 Å². The minimum Gasteiger partial charge on any atom is -0.493 e. The van der Waals surface area contributed by atoms with Gasteiger partial charge in [0.15, 0.2) is 0 Å². The van der Waals surface area contributed by atoms with Crippen LogP contribution in [-0.4, -0.2) is 49.6 Å². The standard InChI is InChI=1S/C17H21N3O2S/c1-20(2)8-3-7-18-16(21)14-11-23-17(19-14)13-4-5-15-12(10-13)6-9-22-15/h4-5,10-11H,3,6-9H2,1-2H3,(H,18,21). The Labute approximate surface area is 140 Å². The fourth-order valence-electron chi connectivity index (χ4n) is 2.52. The number of carbonyl (C=O) groups excluding carboxylic acids is 1. The van der Waals surface area contributed by atoms with Crippen LogP contribution in [0.3, 0.4) is 0 Å². The fourth-order valence-corrected chi connectivity index (χ4v) is 3.32. The first kappa shape index (κ1) is 16.0. The zero-order chi connectivity index (χ0) is 16.2. The van der Waals surface area contributed by atoms with Crippen molar-refractivity contribution in [3.63, 3.8) is 0 Å². The van der Waals surface area contributed by atoms with E-state index in [0.717, 1.165) is 42.3 Å². The van der Waals surface area contributed by atoms with Crippen molar-refractivity contribution in [1.29, 1.82) is 0 Å². The molecule has 0 atom stereocenters. The van der Waals surface area contributed by atoms with Gasteiger partial charge >= 0.3 is 0 Å². The number of benzene rings is 1. The first-order valence-electron chi connectivity index (χ1n) is 7.78. The van der Waals surface area contributed by atoms with E-state index < -0.39 is 0 Å². The van der Waals surface area contributed by atoms with Gasteiger partial charge < -0.3 is 15.0 Å². The highest BCUT2D eigenvalue weighted by molar-refractivity contribution is 7.13. The van der Waals surface area contributed by atoms with Crippen molar-refractivity contribution in [1.82, 2.24) is 15.2 Å². The smallest absolute Gasteiger partial charge is 0.270 e. The minimum absolute atomic E-state index is 0.101. The molecule has 0 aliphatic carbocycles. The Morgan fingerprint density at radius 1 is 1.43 bits per heavy atom. The average molecular weight is 331 g/mol. The van der Waals surface area contributed by atoms with Gasteiger partial charge in [0.2, 0.25) is 0 Å². The van der Waals surface area contributed by atoms with E-state index in [1.807, 2.05) is 31.6 Å². The van der Waals surface area contributed by atoms with Gasteiger partial charge in [-0.2, -0.15) is 0 Å². The SMILES string of the molecule is CN(C)CCCNC(=O)c1csc(-c2ccc3c(c2)CCO3)n1. The third kappa shape index (κ3) is 3.89. The quantitative estimate of drug-likeness (QED) is 0.826. The summed E-state index contributed by atoms with van der Waals surface area (Å²) < 4.78 is 5.52. The second-order valence-electron chi connectivity index (χ2n) is 5.87. The third-order valence-corrected chi connectivity index (χ3v) is 4.63. The fraction of sp³-hybridized carbons (Fsp3) is 0.412. The molecule has 0 spiro atoms. The van der Waals surface area contributed by atoms with Gasteiger partial charge in [0.1, 0.15) is 16.5 Å². The molecular weight excluding hydrogens is 310 g/mol. The maximum atomic E-state index is 12.1. The summed E-state index contributed by atoms with van der Waals surface area (Å²) in [4.78, 5) is 18.7. The van der Waals surface area contributed by atoms with Crippen LogP contribution in [0.4, 0.5) is 0 Å². The number of carbonyl (C=O) groups is 1. The molecule has 1 amide bonds. The lowest BCUT2D eigenvalue weighted by atomic mass is 10.1. The van der Waals surface area contributed by atoms with Crippen LogP contribution in [0.25, 0.3) is 10.6 Å². The zero-order valence-corrected chi connectivity index (χ0v) is 14.3. The lowest BCUT2D eigenvalue weighted by Crippen LogP contribution is -2.27. The average Bonchev–Trinajstić information content (AvgIpc) is 3.18. The van der Waals surface area contributed by atoms with Gasteiger partial charge in [0.05, 0.1) is 6.61 Å². The number of amides is 1. The Hall–Kier alpha value is -1.92. The van der Waals surface area contributed by atoms with Gasteiger partial charge in [-0.05, 0) is 50.8 Å². The van der Waals surface area contributed by atoms with E-state index in [4.69, 9.17) is 4.74 Å². The summed E-state index contributed by atoms with van der Waals surface area (Å²) in [5.41, 5.74) is 2.75. The predicted molar refractivity (Wildman–Crippen MR) is 92.3 cm³/mol. The molecule has 3 rings (SSSR count). The summed E-state index contributed by atoms with van der Waals surface area (Å²) in [6.07, 6.45) is 1.87. The Morgan fingerprint density at radius 3 is 3.13 bits per heavy atom. The highest BCUT2D eigenvalue weighted by atomic mass is 32.1. The van der Waals surface area contributed by atoms with Gasteiger partial charge in [-0.15, -0.1) is 11.3 Å². The van der Waals surface area contributed by atoms with E-state index in [-0.39, 0.29) is 5.91 Å². The van der Waals surface area contributed by atoms with Gasteiger partial charge in [-0.3, -0.25) is 4.79 Å². The van der Waals surface area contributed by atoms with Crippen LogP contribution >= 0.6 is 11.3 Å². The molecule has 0 saturated carbocycles. The molecule has 0 fully saturated rings. The lowest BCUT2D eigenvalue weighted by Gasteiger charge is -2.09. The molecule has 0 bridgehead atoms. The summed E-state index contributed by atoms with van der Waals surface area (Å²) in [6.45, 7) is 2.37. The van der Waals surface area contributed by atoms with E-state index in [0.29, 0.717) is 12.2 Å². The molecule has 2 heterocycles. The predicted octanol–water partition coefficient (Wildman–Crippen LogP) is 2.43. The molecule has 1 aromatic heterocycles. The van der Waals surface area contributed by atoms with Crippen LogP contribution in [0.1, 0.15) is 22.5 Å². The lowest BCUT2D eigenvalue weighted by molar-refractivity contribution is 0.0948. The van der Waals surface area contributed by atoms with Gasteiger partial charge in [-0.1, -0.05) is 0 Å². The molecule has 1 N–H and O–H groups in total. The van der Waals surface area contributed by atoms with Crippen LogP contribution < -0.4 is 10.1 Å². The van der Waals surface area contributed by atoms with Crippen LogP contribution in [0.15, 0.2) is 23.6 Å². The largest absolute Gasteiger partial charge is 0.493 e. The molecule has 23 heavy (non-hydrogen) atoms. The Kier molecular flexibility index (Phi) is 4.93. The molecule has 6 heteroatoms. The maximum absolute atomic E-state index is 12.1. The number of aromatic nitrogens is 1. The first-order chi connectivity index (χ1) is 11.1. The monoisotopic (exact) mass is 331 g/mol. The number of fused-ring (bicyclic) bond motifs is 1. The normalized spacial score (nSPS) is 13.0. The van der Waals surface area contributed by atoms with Crippen molar-refractivity contribution >= 4 is 17.2 Å². The first-order valence-corrected chi connectivity index (χ1v) is 8.66. The van der Waals surface area contributed by atoms with Crippen molar-refractivity contribution in [2.45, 2.75) is 12.8 Å². The summed E-state index contributed by atoms with van der Waals surface area (Å²) in [5.74, 6) is 0.861. The molecule has 1 aromatic carbocycles. The molecule has 0 saturated heterocycles. The Bertz CT molecular complexity index is 697. The zero-order valence-electron chi connectivity index (χ0n) is 13.5. The van der Waals surface area contributed by atoms with E-state index >= 15 is 0 Å². The van der Waals surface area contributed by atoms with Crippen LogP contribution in [0, 0.1) is 0 Å². The second-order valence-corrected chi connectivity index (χ2v) is 6.73. The topological polar surface area (TPSA) is 54.5 Å². The van der Waals surface area contributed by atoms with Gasteiger partial charge in [0, 0.05) is 23.9 Å². The van der Waals surface area contributed by atoms with E-state index in [2.05, 4.69) is 21.3 Å². The highest BCUT2D eigenvalue weighted by Crippen LogP contribution is 2.31. The molecule has 5 nitrogen and oxygen atoms in total. The summed E-state index contributed by atoms with van der Waals surface area (Å²) in [5, 5.41) is 5.61. The van der Waals surface area contributed by atoms with Crippen molar-refractivity contribution in [2.24, 2.45) is 0 Å².